The number of amides is 1. The van der Waals surface area contributed by atoms with Gasteiger partial charge in [0.25, 0.3) is 5.91 Å². The molecule has 5 nitrogen and oxygen atoms in total. The molecule has 3 rings (SSSR count). The highest BCUT2D eigenvalue weighted by Crippen LogP contribution is 2.21. The third-order valence-electron chi connectivity index (χ3n) is 3.91. The Labute approximate surface area is 145 Å². The van der Waals surface area contributed by atoms with Crippen LogP contribution in [0.15, 0.2) is 57.7 Å². The highest BCUT2D eigenvalue weighted by molar-refractivity contribution is 5.94. The Hall–Kier alpha value is -3.08. The number of hydrogen-bond acceptors (Lipinski definition) is 4. The highest BCUT2D eigenvalue weighted by Gasteiger charge is 2.07. The van der Waals surface area contributed by atoms with Gasteiger partial charge in [-0.1, -0.05) is 19.1 Å². The van der Waals surface area contributed by atoms with Crippen LogP contribution in [0.1, 0.15) is 18.1 Å². The van der Waals surface area contributed by atoms with Crippen molar-refractivity contribution in [1.29, 1.82) is 0 Å². The predicted molar refractivity (Wildman–Crippen MR) is 97.2 cm³/mol. The SMILES string of the molecule is CCc1cccc(OCC(=O)Nc2ccc3c(C)cc(=O)oc3c2)c1. The Morgan fingerprint density at radius 1 is 1.16 bits per heavy atom. The number of hydrogen-bond donors (Lipinski definition) is 1. The second-order valence-corrected chi connectivity index (χ2v) is 5.80. The van der Waals surface area contributed by atoms with E-state index in [-0.39, 0.29) is 12.5 Å². The molecule has 0 aliphatic carbocycles. The molecule has 0 saturated heterocycles. The predicted octanol–water partition coefficient (Wildman–Crippen LogP) is 3.68. The van der Waals surface area contributed by atoms with Crippen LogP contribution in [-0.2, 0) is 11.2 Å². The van der Waals surface area contributed by atoms with E-state index in [9.17, 15) is 9.59 Å². The maximum absolute atomic E-state index is 12.1. The lowest BCUT2D eigenvalue weighted by atomic mass is 10.1. The van der Waals surface area contributed by atoms with E-state index in [2.05, 4.69) is 12.2 Å². The van der Waals surface area contributed by atoms with Crippen LogP contribution >= 0.6 is 0 Å². The van der Waals surface area contributed by atoms with Crippen molar-refractivity contribution < 1.29 is 13.9 Å². The molecular formula is C20H19NO4. The Bertz CT molecular complexity index is 975. The minimum Gasteiger partial charge on any atom is -0.484 e. The van der Waals surface area contributed by atoms with Crippen molar-refractivity contribution in [3.63, 3.8) is 0 Å². The van der Waals surface area contributed by atoms with Gasteiger partial charge in [0.05, 0.1) is 0 Å². The van der Waals surface area contributed by atoms with Gasteiger partial charge in [-0.3, -0.25) is 4.79 Å². The molecule has 0 unspecified atom stereocenters. The Balaban J connectivity index is 1.68. The lowest BCUT2D eigenvalue weighted by Crippen LogP contribution is -2.20. The monoisotopic (exact) mass is 337 g/mol. The van der Waals surface area contributed by atoms with Crippen LogP contribution in [0.2, 0.25) is 0 Å². The first-order valence-corrected chi connectivity index (χ1v) is 8.11. The number of fused-ring (bicyclic) bond motifs is 1. The van der Waals surface area contributed by atoms with Crippen LogP contribution in [0.3, 0.4) is 0 Å². The molecular weight excluding hydrogens is 318 g/mol. The topological polar surface area (TPSA) is 68.5 Å². The summed E-state index contributed by atoms with van der Waals surface area (Å²) in [5.41, 5.74) is 2.57. The van der Waals surface area contributed by atoms with Gasteiger partial charge in [0, 0.05) is 23.2 Å². The summed E-state index contributed by atoms with van der Waals surface area (Å²) in [5.74, 6) is 0.380. The molecule has 128 valence electrons. The van der Waals surface area contributed by atoms with Crippen molar-refractivity contribution in [1.82, 2.24) is 0 Å². The number of carbonyl (C=O) groups excluding carboxylic acids is 1. The molecule has 0 aliphatic heterocycles. The Kier molecular flexibility index (Phi) is 4.84. The zero-order valence-corrected chi connectivity index (χ0v) is 14.2. The largest absolute Gasteiger partial charge is 0.484 e. The zero-order chi connectivity index (χ0) is 17.8. The molecule has 0 atom stereocenters. The summed E-state index contributed by atoms with van der Waals surface area (Å²) < 4.78 is 10.7. The molecule has 0 fully saturated rings. The minimum atomic E-state index is -0.410. The van der Waals surface area contributed by atoms with Crippen molar-refractivity contribution in [2.45, 2.75) is 20.3 Å². The smallest absolute Gasteiger partial charge is 0.336 e. The van der Waals surface area contributed by atoms with Gasteiger partial charge in [-0.2, -0.15) is 0 Å². The Morgan fingerprint density at radius 2 is 2.00 bits per heavy atom. The van der Waals surface area contributed by atoms with Crippen LogP contribution in [0, 0.1) is 6.92 Å². The lowest BCUT2D eigenvalue weighted by Gasteiger charge is -2.09. The minimum absolute atomic E-state index is 0.0943. The molecule has 0 spiro atoms. The van der Waals surface area contributed by atoms with Gasteiger partial charge in [-0.05, 0) is 48.7 Å². The molecule has 2 aromatic carbocycles. The number of nitrogens with one attached hydrogen (secondary N) is 1. The molecule has 3 aromatic rings. The number of anilines is 1. The van der Waals surface area contributed by atoms with E-state index in [1.54, 1.807) is 12.1 Å². The van der Waals surface area contributed by atoms with Crippen LogP contribution in [0.4, 0.5) is 5.69 Å². The number of ether oxygens (including phenoxy) is 1. The second-order valence-electron chi connectivity index (χ2n) is 5.80. The molecule has 0 bridgehead atoms. The quantitative estimate of drug-likeness (QED) is 0.721. The standard InChI is InChI=1S/C20H19NO4/c1-3-14-5-4-6-16(10-14)24-12-19(22)21-15-7-8-17-13(2)9-20(23)25-18(17)11-15/h4-11H,3,12H2,1-2H3,(H,21,22). The van der Waals surface area contributed by atoms with Crippen LogP contribution in [-0.4, -0.2) is 12.5 Å². The third kappa shape index (κ3) is 4.07. The van der Waals surface area contributed by atoms with E-state index in [1.807, 2.05) is 37.3 Å². The summed E-state index contributed by atoms with van der Waals surface area (Å²) in [7, 11) is 0. The zero-order valence-electron chi connectivity index (χ0n) is 14.2. The lowest BCUT2D eigenvalue weighted by molar-refractivity contribution is -0.118. The van der Waals surface area contributed by atoms with E-state index in [0.29, 0.717) is 17.0 Å². The van der Waals surface area contributed by atoms with Gasteiger partial charge in [0.1, 0.15) is 11.3 Å². The first kappa shape index (κ1) is 16.8. The average Bonchev–Trinajstić information content (AvgIpc) is 2.59. The fourth-order valence-electron chi connectivity index (χ4n) is 2.60. The number of aryl methyl sites for hydroxylation is 2. The van der Waals surface area contributed by atoms with Crippen molar-refractivity contribution in [2.24, 2.45) is 0 Å². The van der Waals surface area contributed by atoms with Gasteiger partial charge in [0.2, 0.25) is 0 Å². The van der Waals surface area contributed by atoms with Crippen molar-refractivity contribution in [3.8, 4) is 5.75 Å². The fourth-order valence-corrected chi connectivity index (χ4v) is 2.60. The molecule has 0 radical (unpaired) electrons. The summed E-state index contributed by atoms with van der Waals surface area (Å²) in [6.45, 7) is 3.81. The van der Waals surface area contributed by atoms with Gasteiger partial charge >= 0.3 is 5.63 Å². The molecule has 1 heterocycles. The number of benzene rings is 2. The molecule has 25 heavy (non-hydrogen) atoms. The summed E-state index contributed by atoms with van der Waals surface area (Å²) >= 11 is 0. The third-order valence-corrected chi connectivity index (χ3v) is 3.91. The molecule has 5 heteroatoms. The molecule has 0 saturated carbocycles. The maximum Gasteiger partial charge on any atom is 0.336 e. The summed E-state index contributed by atoms with van der Waals surface area (Å²) in [5, 5.41) is 3.58. The van der Waals surface area contributed by atoms with Crippen LogP contribution in [0.5, 0.6) is 5.75 Å². The summed E-state index contributed by atoms with van der Waals surface area (Å²) in [6, 6.07) is 14.3. The van der Waals surface area contributed by atoms with Crippen molar-refractivity contribution >= 4 is 22.6 Å². The Morgan fingerprint density at radius 3 is 2.80 bits per heavy atom. The molecule has 1 N–H and O–H groups in total. The van der Waals surface area contributed by atoms with E-state index < -0.39 is 5.63 Å². The van der Waals surface area contributed by atoms with Gasteiger partial charge in [0.15, 0.2) is 6.61 Å². The summed E-state index contributed by atoms with van der Waals surface area (Å²) in [6.07, 6.45) is 0.908. The first-order chi connectivity index (χ1) is 12.0. The average molecular weight is 337 g/mol. The highest BCUT2D eigenvalue weighted by atomic mass is 16.5. The van der Waals surface area contributed by atoms with Crippen molar-refractivity contribution in [2.75, 3.05) is 11.9 Å². The fraction of sp³-hybridized carbons (Fsp3) is 0.200. The molecule has 1 aromatic heterocycles. The normalized spacial score (nSPS) is 10.6. The van der Waals surface area contributed by atoms with Gasteiger partial charge < -0.3 is 14.5 Å². The van der Waals surface area contributed by atoms with E-state index in [4.69, 9.17) is 9.15 Å². The molecule has 1 amide bonds. The van der Waals surface area contributed by atoms with Crippen LogP contribution < -0.4 is 15.7 Å². The number of rotatable bonds is 5. The first-order valence-electron chi connectivity index (χ1n) is 8.11. The summed E-state index contributed by atoms with van der Waals surface area (Å²) in [4.78, 5) is 23.6. The van der Waals surface area contributed by atoms with Crippen molar-refractivity contribution in [3.05, 3.63) is 70.1 Å². The van der Waals surface area contributed by atoms with Crippen LogP contribution in [0.25, 0.3) is 11.0 Å². The van der Waals surface area contributed by atoms with Gasteiger partial charge in [-0.15, -0.1) is 0 Å². The van der Waals surface area contributed by atoms with E-state index >= 15 is 0 Å². The number of carbonyl (C=O) groups is 1. The maximum atomic E-state index is 12.1. The molecule has 0 aliphatic rings. The van der Waals surface area contributed by atoms with E-state index in [1.165, 1.54) is 6.07 Å². The van der Waals surface area contributed by atoms with Gasteiger partial charge in [-0.25, -0.2) is 4.79 Å². The second kappa shape index (κ2) is 7.21. The van der Waals surface area contributed by atoms with E-state index in [0.717, 1.165) is 22.9 Å².